The van der Waals surface area contributed by atoms with Crippen molar-refractivity contribution < 1.29 is 30.7 Å². The SMILES string of the molecule is CNS(=O)(=O)C1CCC1.COc1cc2c(cc1F)CC(N1CCC1)C2Cc1cccc(C(F)(F)F)c1. The van der Waals surface area contributed by atoms with Gasteiger partial charge in [0.05, 0.1) is 17.9 Å². The van der Waals surface area contributed by atoms with E-state index in [1.54, 1.807) is 12.1 Å². The number of hydrogen-bond acceptors (Lipinski definition) is 4. The molecule has 3 aliphatic rings. The normalized spacial score (nSPS) is 22.2. The van der Waals surface area contributed by atoms with Gasteiger partial charge >= 0.3 is 6.18 Å². The van der Waals surface area contributed by atoms with Gasteiger partial charge in [-0.15, -0.1) is 0 Å². The molecular weight excluding hydrogens is 496 g/mol. The number of sulfonamides is 1. The van der Waals surface area contributed by atoms with Gasteiger partial charge < -0.3 is 4.74 Å². The fourth-order valence-corrected chi connectivity index (χ4v) is 6.43. The van der Waals surface area contributed by atoms with Crippen molar-refractivity contribution in [3.05, 3.63) is 64.5 Å². The van der Waals surface area contributed by atoms with Gasteiger partial charge in [-0.2, -0.15) is 13.2 Å². The van der Waals surface area contributed by atoms with Gasteiger partial charge in [-0.3, -0.25) is 4.90 Å². The Balaban J connectivity index is 0.000000286. The molecule has 0 spiro atoms. The Bertz CT molecular complexity index is 1180. The minimum absolute atomic E-state index is 0.0262. The number of halogens is 4. The van der Waals surface area contributed by atoms with Crippen molar-refractivity contribution >= 4 is 10.0 Å². The predicted molar refractivity (Wildman–Crippen MR) is 130 cm³/mol. The first kappa shape index (κ1) is 26.9. The lowest BCUT2D eigenvalue weighted by molar-refractivity contribution is -0.137. The molecule has 36 heavy (non-hydrogen) atoms. The molecular formula is C26H32F4N2O3S. The van der Waals surface area contributed by atoms with Crippen molar-refractivity contribution in [2.24, 2.45) is 0 Å². The van der Waals surface area contributed by atoms with E-state index in [-0.39, 0.29) is 23.0 Å². The minimum Gasteiger partial charge on any atom is -0.494 e. The summed E-state index contributed by atoms with van der Waals surface area (Å²) < 4.78 is 82.5. The molecule has 0 bridgehead atoms. The molecule has 0 aromatic heterocycles. The molecule has 2 aromatic carbocycles. The van der Waals surface area contributed by atoms with E-state index in [0.29, 0.717) is 12.0 Å². The summed E-state index contributed by atoms with van der Waals surface area (Å²) in [5.41, 5.74) is 1.94. The van der Waals surface area contributed by atoms with Gasteiger partial charge in [-0.1, -0.05) is 24.6 Å². The number of rotatable bonds is 6. The predicted octanol–water partition coefficient (Wildman–Crippen LogP) is 4.90. The smallest absolute Gasteiger partial charge is 0.416 e. The molecule has 2 unspecified atom stereocenters. The van der Waals surface area contributed by atoms with Crippen LogP contribution in [0, 0.1) is 5.82 Å². The Kier molecular flexibility index (Phi) is 7.97. The monoisotopic (exact) mass is 528 g/mol. The molecule has 0 radical (unpaired) electrons. The van der Waals surface area contributed by atoms with Crippen LogP contribution in [0.2, 0.25) is 0 Å². The van der Waals surface area contributed by atoms with Gasteiger partial charge in [-0.05, 0) is 87.1 Å². The maximum Gasteiger partial charge on any atom is 0.416 e. The van der Waals surface area contributed by atoms with E-state index >= 15 is 0 Å². The fraction of sp³-hybridized carbons (Fsp3) is 0.538. The zero-order chi connectivity index (χ0) is 26.1. The van der Waals surface area contributed by atoms with Crippen LogP contribution in [0.25, 0.3) is 0 Å². The Morgan fingerprint density at radius 1 is 1.11 bits per heavy atom. The van der Waals surface area contributed by atoms with E-state index in [2.05, 4.69) is 9.62 Å². The summed E-state index contributed by atoms with van der Waals surface area (Å²) in [6.45, 7) is 1.97. The van der Waals surface area contributed by atoms with Gasteiger partial charge in [0.15, 0.2) is 11.6 Å². The van der Waals surface area contributed by atoms with Crippen LogP contribution < -0.4 is 9.46 Å². The highest BCUT2D eigenvalue weighted by molar-refractivity contribution is 7.90. The van der Waals surface area contributed by atoms with Crippen LogP contribution in [-0.4, -0.2) is 51.9 Å². The van der Waals surface area contributed by atoms with E-state index in [0.717, 1.165) is 62.4 Å². The molecule has 1 saturated heterocycles. The number of methoxy groups -OCH3 is 1. The summed E-state index contributed by atoms with van der Waals surface area (Å²) in [5, 5.41) is -0.0949. The van der Waals surface area contributed by atoms with Gasteiger partial charge in [0.1, 0.15) is 0 Å². The van der Waals surface area contributed by atoms with E-state index in [1.807, 2.05) is 0 Å². The molecule has 5 nitrogen and oxygen atoms in total. The maximum atomic E-state index is 14.1. The number of hydrogen-bond donors (Lipinski definition) is 1. The van der Waals surface area contributed by atoms with E-state index < -0.39 is 27.6 Å². The minimum atomic E-state index is -4.35. The van der Waals surface area contributed by atoms with E-state index in [4.69, 9.17) is 4.74 Å². The third kappa shape index (κ3) is 5.70. The van der Waals surface area contributed by atoms with Gasteiger partial charge in [0.2, 0.25) is 10.0 Å². The van der Waals surface area contributed by atoms with Gasteiger partial charge in [0.25, 0.3) is 0 Å². The summed E-state index contributed by atoms with van der Waals surface area (Å²) in [5.74, 6) is -0.177. The fourth-order valence-electron chi connectivity index (χ4n) is 5.14. The molecule has 2 atom stereocenters. The van der Waals surface area contributed by atoms with Crippen LogP contribution >= 0.6 is 0 Å². The summed E-state index contributed by atoms with van der Waals surface area (Å²) in [6, 6.07) is 8.95. The second-order valence-electron chi connectivity index (χ2n) is 9.66. The second kappa shape index (κ2) is 10.7. The zero-order valence-electron chi connectivity index (χ0n) is 20.4. The van der Waals surface area contributed by atoms with E-state index in [9.17, 15) is 26.0 Å². The summed E-state index contributed by atoms with van der Waals surface area (Å²) in [7, 11) is -0.0205. The second-order valence-corrected chi connectivity index (χ2v) is 11.8. The first-order chi connectivity index (χ1) is 17.0. The Hall–Kier alpha value is -2.17. The van der Waals surface area contributed by atoms with Crippen molar-refractivity contribution in [2.45, 2.75) is 61.9 Å². The number of fused-ring (bicyclic) bond motifs is 1. The van der Waals surface area contributed by atoms with Crippen LogP contribution in [0.1, 0.15) is 53.9 Å². The molecule has 5 rings (SSSR count). The highest BCUT2D eigenvalue weighted by Crippen LogP contribution is 2.43. The van der Waals surface area contributed by atoms with Crippen LogP contribution in [0.15, 0.2) is 36.4 Å². The molecule has 2 aliphatic carbocycles. The third-order valence-corrected chi connectivity index (χ3v) is 9.47. The standard InChI is InChI=1S/C21H21F4NO.C5H11NO2S/c1-27-20-12-16-14(10-18(20)22)11-19(26-6-3-7-26)17(16)9-13-4-2-5-15(8-13)21(23,24)25;1-6-9(7,8)5-3-2-4-5/h2,4-5,8,10,12,17,19H,3,6-7,9,11H2,1H3;5-6H,2-4H2,1H3. The molecule has 1 N–H and O–H groups in total. The summed E-state index contributed by atoms with van der Waals surface area (Å²) in [6.07, 6.45) is 0.721. The quantitative estimate of drug-likeness (QED) is 0.542. The molecule has 1 heterocycles. The van der Waals surface area contributed by atoms with Crippen LogP contribution in [-0.2, 0) is 29.0 Å². The lowest BCUT2D eigenvalue weighted by Gasteiger charge is -2.39. The van der Waals surface area contributed by atoms with Crippen LogP contribution in [0.4, 0.5) is 17.6 Å². The topological polar surface area (TPSA) is 58.6 Å². The van der Waals surface area contributed by atoms with Crippen LogP contribution in [0.3, 0.4) is 0 Å². The average Bonchev–Trinajstić information content (AvgIpc) is 3.06. The summed E-state index contributed by atoms with van der Waals surface area (Å²) in [4.78, 5) is 2.35. The largest absolute Gasteiger partial charge is 0.494 e. The first-order valence-electron chi connectivity index (χ1n) is 12.2. The molecule has 198 valence electrons. The molecule has 2 fully saturated rings. The van der Waals surface area contributed by atoms with Crippen molar-refractivity contribution in [1.82, 2.24) is 9.62 Å². The van der Waals surface area contributed by atoms with Crippen molar-refractivity contribution in [3.63, 3.8) is 0 Å². The van der Waals surface area contributed by atoms with Crippen molar-refractivity contribution in [3.8, 4) is 5.75 Å². The molecule has 1 aliphatic heterocycles. The summed E-state index contributed by atoms with van der Waals surface area (Å²) >= 11 is 0. The molecule has 10 heteroatoms. The Morgan fingerprint density at radius 2 is 1.83 bits per heavy atom. The highest BCUT2D eigenvalue weighted by atomic mass is 32.2. The number of likely N-dealkylation sites (tertiary alicyclic amines) is 1. The Labute approximate surface area is 209 Å². The number of nitrogens with zero attached hydrogens (tertiary/aromatic N) is 1. The zero-order valence-corrected chi connectivity index (χ0v) is 21.3. The number of alkyl halides is 3. The molecule has 1 saturated carbocycles. The van der Waals surface area contributed by atoms with E-state index in [1.165, 1.54) is 32.4 Å². The average molecular weight is 529 g/mol. The number of benzene rings is 2. The number of ether oxygens (including phenoxy) is 1. The number of nitrogens with one attached hydrogen (secondary N) is 1. The van der Waals surface area contributed by atoms with Gasteiger partial charge in [0, 0.05) is 12.0 Å². The van der Waals surface area contributed by atoms with Crippen molar-refractivity contribution in [2.75, 3.05) is 27.2 Å². The Morgan fingerprint density at radius 3 is 2.33 bits per heavy atom. The van der Waals surface area contributed by atoms with Crippen LogP contribution in [0.5, 0.6) is 5.75 Å². The lowest BCUT2D eigenvalue weighted by atomic mass is 9.88. The lowest BCUT2D eigenvalue weighted by Crippen LogP contribution is -2.47. The molecule has 2 aromatic rings. The molecule has 0 amide bonds. The van der Waals surface area contributed by atoms with Crippen molar-refractivity contribution in [1.29, 1.82) is 0 Å². The van der Waals surface area contributed by atoms with Gasteiger partial charge in [-0.25, -0.2) is 17.5 Å². The third-order valence-electron chi connectivity index (χ3n) is 7.55. The highest BCUT2D eigenvalue weighted by Gasteiger charge is 2.39. The maximum absolute atomic E-state index is 14.1. The first-order valence-corrected chi connectivity index (χ1v) is 13.8.